The first kappa shape index (κ1) is 26.0. The molecule has 0 fully saturated rings. The van der Waals surface area contributed by atoms with Crippen molar-refractivity contribution in [3.63, 3.8) is 0 Å². The molecular weight excluding hydrogens is 462 g/mol. The Bertz CT molecular complexity index is 1300. The predicted octanol–water partition coefficient (Wildman–Crippen LogP) is 4.62. The van der Waals surface area contributed by atoms with Gasteiger partial charge in [0.2, 0.25) is 5.91 Å². The number of nitrogens with one attached hydrogen (secondary N) is 1. The van der Waals surface area contributed by atoms with E-state index in [9.17, 15) is 18.0 Å². The van der Waals surface area contributed by atoms with E-state index >= 15 is 0 Å². The van der Waals surface area contributed by atoms with E-state index in [-0.39, 0.29) is 22.9 Å². The normalized spacial score (nSPS) is 11.1. The third-order valence-electron chi connectivity index (χ3n) is 5.67. The Labute approximate surface area is 207 Å². The van der Waals surface area contributed by atoms with Gasteiger partial charge in [0.1, 0.15) is 6.54 Å². The van der Waals surface area contributed by atoms with Gasteiger partial charge in [-0.2, -0.15) is 0 Å². The summed E-state index contributed by atoms with van der Waals surface area (Å²) < 4.78 is 27.7. The van der Waals surface area contributed by atoms with Crippen molar-refractivity contribution in [1.29, 1.82) is 0 Å². The zero-order valence-corrected chi connectivity index (χ0v) is 21.3. The van der Waals surface area contributed by atoms with Crippen LogP contribution in [0, 0.1) is 13.8 Å². The van der Waals surface area contributed by atoms with Gasteiger partial charge in [-0.1, -0.05) is 48.9 Å². The zero-order chi connectivity index (χ0) is 25.6. The van der Waals surface area contributed by atoms with Crippen LogP contribution in [0.5, 0.6) is 0 Å². The SMILES string of the molecule is CCCN(CC(=O)Nc1ccccc1C)C(=O)c1cccc(S(=O)(=O)N(C)c2ccc(C)cc2)c1. The van der Waals surface area contributed by atoms with E-state index in [2.05, 4.69) is 5.32 Å². The summed E-state index contributed by atoms with van der Waals surface area (Å²) in [6, 6.07) is 20.5. The molecule has 1 N–H and O–H groups in total. The van der Waals surface area contributed by atoms with Gasteiger partial charge in [-0.25, -0.2) is 8.42 Å². The summed E-state index contributed by atoms with van der Waals surface area (Å²) in [6.45, 7) is 5.96. The van der Waals surface area contributed by atoms with Gasteiger partial charge in [0.25, 0.3) is 15.9 Å². The van der Waals surface area contributed by atoms with Crippen molar-refractivity contribution in [2.75, 3.05) is 29.8 Å². The molecule has 3 aromatic rings. The average molecular weight is 494 g/mol. The molecule has 0 unspecified atom stereocenters. The van der Waals surface area contributed by atoms with Crippen LogP contribution in [0.3, 0.4) is 0 Å². The summed E-state index contributed by atoms with van der Waals surface area (Å²) in [5, 5.41) is 2.84. The Morgan fingerprint density at radius 1 is 0.914 bits per heavy atom. The number of anilines is 2. The Morgan fingerprint density at radius 3 is 2.26 bits per heavy atom. The van der Waals surface area contributed by atoms with Crippen LogP contribution in [0.25, 0.3) is 0 Å². The first-order chi connectivity index (χ1) is 16.6. The molecule has 0 bridgehead atoms. The lowest BCUT2D eigenvalue weighted by Crippen LogP contribution is -2.38. The highest BCUT2D eigenvalue weighted by atomic mass is 32.2. The van der Waals surface area contributed by atoms with E-state index in [1.807, 2.05) is 51.1 Å². The van der Waals surface area contributed by atoms with E-state index in [4.69, 9.17) is 0 Å². The lowest BCUT2D eigenvalue weighted by Gasteiger charge is -2.23. The summed E-state index contributed by atoms with van der Waals surface area (Å²) in [6.07, 6.45) is 0.650. The number of para-hydroxylation sites is 1. The number of carbonyl (C=O) groups excluding carboxylic acids is 2. The fraction of sp³-hybridized carbons (Fsp3) is 0.259. The molecule has 2 amide bonds. The average Bonchev–Trinajstić information content (AvgIpc) is 2.85. The van der Waals surface area contributed by atoms with Crippen LogP contribution in [-0.2, 0) is 14.8 Å². The Balaban J connectivity index is 1.81. The number of hydrogen-bond acceptors (Lipinski definition) is 4. The minimum absolute atomic E-state index is 0.00670. The Morgan fingerprint density at radius 2 is 1.60 bits per heavy atom. The Kier molecular flexibility index (Phi) is 8.30. The highest BCUT2D eigenvalue weighted by molar-refractivity contribution is 7.92. The molecule has 0 aliphatic carbocycles. The molecular formula is C27H31N3O4S. The van der Waals surface area contributed by atoms with E-state index in [0.29, 0.717) is 24.3 Å². The lowest BCUT2D eigenvalue weighted by atomic mass is 10.2. The zero-order valence-electron chi connectivity index (χ0n) is 20.5. The second-order valence-electron chi connectivity index (χ2n) is 8.43. The molecule has 184 valence electrons. The van der Waals surface area contributed by atoms with Crippen LogP contribution in [0.15, 0.2) is 77.7 Å². The van der Waals surface area contributed by atoms with Gasteiger partial charge >= 0.3 is 0 Å². The van der Waals surface area contributed by atoms with Gasteiger partial charge in [0.15, 0.2) is 0 Å². The summed E-state index contributed by atoms with van der Waals surface area (Å²) in [5.41, 5.74) is 3.36. The number of benzene rings is 3. The molecule has 3 aromatic carbocycles. The maximum atomic E-state index is 13.3. The molecule has 0 saturated carbocycles. The molecule has 0 spiro atoms. The van der Waals surface area contributed by atoms with E-state index in [1.165, 1.54) is 28.4 Å². The van der Waals surface area contributed by atoms with Crippen LogP contribution < -0.4 is 9.62 Å². The molecule has 0 heterocycles. The maximum Gasteiger partial charge on any atom is 0.264 e. The van der Waals surface area contributed by atoms with Crippen LogP contribution >= 0.6 is 0 Å². The van der Waals surface area contributed by atoms with Crippen molar-refractivity contribution in [3.8, 4) is 0 Å². The van der Waals surface area contributed by atoms with Crippen molar-refractivity contribution >= 4 is 33.2 Å². The van der Waals surface area contributed by atoms with Gasteiger partial charge in [0.05, 0.1) is 10.6 Å². The third kappa shape index (κ3) is 6.27. The minimum Gasteiger partial charge on any atom is -0.329 e. The molecule has 3 rings (SSSR count). The fourth-order valence-electron chi connectivity index (χ4n) is 3.62. The largest absolute Gasteiger partial charge is 0.329 e. The number of nitrogens with zero attached hydrogens (tertiary/aromatic N) is 2. The summed E-state index contributed by atoms with van der Waals surface area (Å²) in [4.78, 5) is 27.4. The molecule has 0 aliphatic rings. The molecule has 0 atom stereocenters. The van der Waals surface area contributed by atoms with Gasteiger partial charge in [0, 0.05) is 24.8 Å². The fourth-order valence-corrected chi connectivity index (χ4v) is 4.86. The smallest absolute Gasteiger partial charge is 0.264 e. The van der Waals surface area contributed by atoms with Crippen molar-refractivity contribution in [2.45, 2.75) is 32.1 Å². The number of amides is 2. The van der Waals surface area contributed by atoms with Crippen LogP contribution in [0.2, 0.25) is 0 Å². The Hall–Kier alpha value is -3.65. The second kappa shape index (κ2) is 11.2. The number of sulfonamides is 1. The number of hydrogen-bond donors (Lipinski definition) is 1. The molecule has 8 heteroatoms. The molecule has 0 aliphatic heterocycles. The van der Waals surface area contributed by atoms with Gasteiger partial charge in [-0.15, -0.1) is 0 Å². The third-order valence-corrected chi connectivity index (χ3v) is 7.45. The molecule has 0 radical (unpaired) electrons. The molecule has 0 saturated heterocycles. The number of rotatable bonds is 9. The van der Waals surface area contributed by atoms with Crippen molar-refractivity contribution in [2.24, 2.45) is 0 Å². The van der Waals surface area contributed by atoms with E-state index in [1.54, 1.807) is 30.3 Å². The highest BCUT2D eigenvalue weighted by Crippen LogP contribution is 2.23. The maximum absolute atomic E-state index is 13.3. The van der Waals surface area contributed by atoms with Gasteiger partial charge < -0.3 is 10.2 Å². The summed E-state index contributed by atoms with van der Waals surface area (Å²) >= 11 is 0. The number of aryl methyl sites for hydroxylation is 2. The van der Waals surface area contributed by atoms with Crippen LogP contribution in [0.4, 0.5) is 11.4 Å². The summed E-state index contributed by atoms with van der Waals surface area (Å²) in [7, 11) is -2.40. The first-order valence-corrected chi connectivity index (χ1v) is 12.9. The summed E-state index contributed by atoms with van der Waals surface area (Å²) in [5.74, 6) is -0.717. The quantitative estimate of drug-likeness (QED) is 0.471. The van der Waals surface area contributed by atoms with Crippen LogP contribution in [-0.4, -0.2) is 45.3 Å². The van der Waals surface area contributed by atoms with Crippen molar-refractivity contribution < 1.29 is 18.0 Å². The standard InChI is InChI=1S/C27H31N3O4S/c1-5-17-30(19-26(31)28-25-12-7-6-9-21(25)3)27(32)22-10-8-11-24(18-22)35(33,34)29(4)23-15-13-20(2)14-16-23/h6-16,18H,5,17,19H2,1-4H3,(H,28,31). The first-order valence-electron chi connectivity index (χ1n) is 11.4. The van der Waals surface area contributed by atoms with Gasteiger partial charge in [-0.05, 0) is 62.2 Å². The minimum atomic E-state index is -3.88. The topological polar surface area (TPSA) is 86.8 Å². The lowest BCUT2D eigenvalue weighted by molar-refractivity contribution is -0.116. The van der Waals surface area contributed by atoms with Gasteiger partial charge in [-0.3, -0.25) is 13.9 Å². The highest BCUT2D eigenvalue weighted by Gasteiger charge is 2.24. The van der Waals surface area contributed by atoms with Crippen LogP contribution in [0.1, 0.15) is 34.8 Å². The molecule has 0 aromatic heterocycles. The second-order valence-corrected chi connectivity index (χ2v) is 10.4. The predicted molar refractivity (Wildman–Crippen MR) is 139 cm³/mol. The van der Waals surface area contributed by atoms with Crippen molar-refractivity contribution in [1.82, 2.24) is 4.90 Å². The van der Waals surface area contributed by atoms with E-state index < -0.39 is 15.9 Å². The molecule has 7 nitrogen and oxygen atoms in total. The number of carbonyl (C=O) groups is 2. The van der Waals surface area contributed by atoms with E-state index in [0.717, 1.165) is 11.1 Å². The van der Waals surface area contributed by atoms with Crippen molar-refractivity contribution in [3.05, 3.63) is 89.5 Å². The molecule has 35 heavy (non-hydrogen) atoms. The monoisotopic (exact) mass is 493 g/mol.